The van der Waals surface area contributed by atoms with Crippen LogP contribution in [0, 0.1) is 5.92 Å². The first-order chi connectivity index (χ1) is 9.68. The molecule has 0 radical (unpaired) electrons. The molecule has 2 amide bonds. The van der Waals surface area contributed by atoms with Crippen LogP contribution in [-0.4, -0.2) is 28.8 Å². The van der Waals surface area contributed by atoms with Gasteiger partial charge >= 0.3 is 12.2 Å². The van der Waals surface area contributed by atoms with Gasteiger partial charge in [-0.15, -0.1) is 0 Å². The number of nitrogens with one attached hydrogen (secondary N) is 2. The molecule has 3 N–H and O–H groups in total. The van der Waals surface area contributed by atoms with Crippen LogP contribution < -0.4 is 10.6 Å². The number of aromatic nitrogens is 1. The van der Waals surface area contributed by atoms with Crippen molar-refractivity contribution >= 4 is 11.7 Å². The molecule has 0 aliphatic rings. The zero-order chi connectivity index (χ0) is 16.0. The highest BCUT2D eigenvalue weighted by molar-refractivity contribution is 5.88. The minimum absolute atomic E-state index is 0.0675. The summed E-state index contributed by atoms with van der Waals surface area (Å²) in [5.41, 5.74) is -0.889. The van der Waals surface area contributed by atoms with Crippen molar-refractivity contribution in [3.05, 3.63) is 24.0 Å². The van der Waals surface area contributed by atoms with Crippen LogP contribution in [0.5, 0.6) is 0 Å². The Hall–Kier alpha value is -1.83. The summed E-state index contributed by atoms with van der Waals surface area (Å²) in [6, 6.07) is 1.28. The fourth-order valence-corrected chi connectivity index (χ4v) is 1.65. The molecule has 0 aliphatic heterocycles. The van der Waals surface area contributed by atoms with Gasteiger partial charge < -0.3 is 15.7 Å². The highest BCUT2D eigenvalue weighted by Crippen LogP contribution is 2.27. The first kappa shape index (κ1) is 17.2. The molecule has 5 nitrogen and oxygen atoms in total. The Morgan fingerprint density at radius 3 is 2.52 bits per heavy atom. The SMILES string of the molecule is CC(C)CC(O)CNC(=O)Nc1ccc(C(F)(F)F)nc1. The molecule has 0 aliphatic carbocycles. The van der Waals surface area contributed by atoms with Gasteiger partial charge in [-0.2, -0.15) is 13.2 Å². The lowest BCUT2D eigenvalue weighted by Crippen LogP contribution is -2.35. The molecule has 0 aromatic carbocycles. The molecule has 0 bridgehead atoms. The quantitative estimate of drug-likeness (QED) is 0.783. The predicted octanol–water partition coefficient (Wildman–Crippen LogP) is 2.63. The Morgan fingerprint density at radius 1 is 1.38 bits per heavy atom. The van der Waals surface area contributed by atoms with E-state index in [4.69, 9.17) is 0 Å². The minimum atomic E-state index is -4.51. The number of rotatable bonds is 5. The maximum absolute atomic E-state index is 12.3. The number of pyridine rings is 1. The van der Waals surface area contributed by atoms with Gasteiger partial charge in [0.15, 0.2) is 0 Å². The number of hydrogen-bond donors (Lipinski definition) is 3. The van der Waals surface area contributed by atoms with E-state index in [0.717, 1.165) is 18.3 Å². The molecule has 0 spiro atoms. The lowest BCUT2D eigenvalue weighted by atomic mass is 10.1. The molecule has 1 rings (SSSR count). The summed E-state index contributed by atoms with van der Waals surface area (Å²) in [6.45, 7) is 3.95. The van der Waals surface area contributed by atoms with Gasteiger partial charge in [0.2, 0.25) is 0 Å². The fourth-order valence-electron chi connectivity index (χ4n) is 1.65. The highest BCUT2D eigenvalue weighted by atomic mass is 19.4. The van der Waals surface area contributed by atoms with E-state index in [0.29, 0.717) is 12.3 Å². The third kappa shape index (κ3) is 6.44. The van der Waals surface area contributed by atoms with Crippen LogP contribution in [0.15, 0.2) is 18.3 Å². The highest BCUT2D eigenvalue weighted by Gasteiger charge is 2.32. The van der Waals surface area contributed by atoms with E-state index in [2.05, 4.69) is 15.6 Å². The van der Waals surface area contributed by atoms with Crippen molar-refractivity contribution in [2.75, 3.05) is 11.9 Å². The molecule has 1 atom stereocenters. The van der Waals surface area contributed by atoms with Crippen LogP contribution >= 0.6 is 0 Å². The Morgan fingerprint density at radius 2 is 2.05 bits per heavy atom. The third-order valence-corrected chi connectivity index (χ3v) is 2.55. The van der Waals surface area contributed by atoms with Gasteiger partial charge in [-0.05, 0) is 24.5 Å². The molecule has 1 aromatic rings. The van der Waals surface area contributed by atoms with Crippen LogP contribution in [0.1, 0.15) is 26.0 Å². The average Bonchev–Trinajstić information content (AvgIpc) is 2.35. The lowest BCUT2D eigenvalue weighted by molar-refractivity contribution is -0.141. The van der Waals surface area contributed by atoms with Crippen molar-refractivity contribution in [1.29, 1.82) is 0 Å². The second-order valence-electron chi connectivity index (χ2n) is 5.05. The van der Waals surface area contributed by atoms with Crippen molar-refractivity contribution < 1.29 is 23.1 Å². The molecule has 21 heavy (non-hydrogen) atoms. The minimum Gasteiger partial charge on any atom is -0.391 e. The first-order valence-corrected chi connectivity index (χ1v) is 6.44. The third-order valence-electron chi connectivity index (χ3n) is 2.55. The summed E-state index contributed by atoms with van der Waals surface area (Å²) in [5, 5.41) is 14.3. The number of nitrogens with zero attached hydrogens (tertiary/aromatic N) is 1. The zero-order valence-corrected chi connectivity index (χ0v) is 11.7. The number of amides is 2. The number of aliphatic hydroxyl groups excluding tert-OH is 1. The summed E-state index contributed by atoms with van der Waals surface area (Å²) in [5.74, 6) is 0.295. The predicted molar refractivity (Wildman–Crippen MR) is 71.7 cm³/mol. The van der Waals surface area contributed by atoms with Crippen molar-refractivity contribution in [3.63, 3.8) is 0 Å². The van der Waals surface area contributed by atoms with E-state index < -0.39 is 24.0 Å². The van der Waals surface area contributed by atoms with E-state index in [1.54, 1.807) is 0 Å². The Bertz CT molecular complexity index is 461. The molecular formula is C13H18F3N3O2. The van der Waals surface area contributed by atoms with Crippen LogP contribution in [-0.2, 0) is 6.18 Å². The van der Waals surface area contributed by atoms with Crippen molar-refractivity contribution in [3.8, 4) is 0 Å². The summed E-state index contributed by atoms with van der Waals surface area (Å²) >= 11 is 0. The number of carbonyl (C=O) groups is 1. The normalized spacial score (nSPS) is 13.1. The summed E-state index contributed by atoms with van der Waals surface area (Å²) < 4.78 is 36.9. The van der Waals surface area contributed by atoms with Crippen LogP contribution in [0.3, 0.4) is 0 Å². The zero-order valence-electron chi connectivity index (χ0n) is 11.7. The molecule has 8 heteroatoms. The molecule has 1 heterocycles. The Balaban J connectivity index is 2.45. The van der Waals surface area contributed by atoms with Gasteiger partial charge in [-0.1, -0.05) is 13.8 Å². The topological polar surface area (TPSA) is 74.2 Å². The van der Waals surface area contributed by atoms with E-state index in [1.165, 1.54) is 0 Å². The van der Waals surface area contributed by atoms with Crippen molar-refractivity contribution in [2.45, 2.75) is 32.5 Å². The lowest BCUT2D eigenvalue weighted by Gasteiger charge is -2.14. The summed E-state index contributed by atoms with van der Waals surface area (Å²) in [7, 11) is 0. The molecule has 0 saturated heterocycles. The monoisotopic (exact) mass is 305 g/mol. The fraction of sp³-hybridized carbons (Fsp3) is 0.538. The molecule has 0 fully saturated rings. The Labute approximate surface area is 120 Å². The number of hydrogen-bond acceptors (Lipinski definition) is 3. The van der Waals surface area contributed by atoms with Gasteiger partial charge in [-0.25, -0.2) is 9.78 Å². The van der Waals surface area contributed by atoms with Crippen LogP contribution in [0.4, 0.5) is 23.7 Å². The second-order valence-corrected chi connectivity index (χ2v) is 5.05. The van der Waals surface area contributed by atoms with Gasteiger partial charge in [0.25, 0.3) is 0 Å². The first-order valence-electron chi connectivity index (χ1n) is 6.44. The van der Waals surface area contributed by atoms with Crippen molar-refractivity contribution in [1.82, 2.24) is 10.3 Å². The summed E-state index contributed by atoms with van der Waals surface area (Å²) in [4.78, 5) is 14.7. The van der Waals surface area contributed by atoms with Gasteiger partial charge in [-0.3, -0.25) is 0 Å². The number of carbonyl (C=O) groups excluding carboxylic acids is 1. The number of urea groups is 1. The average molecular weight is 305 g/mol. The largest absolute Gasteiger partial charge is 0.433 e. The molecule has 1 aromatic heterocycles. The van der Waals surface area contributed by atoms with E-state index >= 15 is 0 Å². The molecule has 118 valence electrons. The molecular weight excluding hydrogens is 287 g/mol. The number of aliphatic hydroxyl groups is 1. The van der Waals surface area contributed by atoms with Gasteiger partial charge in [0, 0.05) is 6.54 Å². The van der Waals surface area contributed by atoms with E-state index in [1.807, 2.05) is 13.8 Å². The second kappa shape index (κ2) is 7.26. The maximum atomic E-state index is 12.3. The van der Waals surface area contributed by atoms with Crippen molar-refractivity contribution in [2.24, 2.45) is 5.92 Å². The van der Waals surface area contributed by atoms with E-state index in [-0.39, 0.29) is 12.2 Å². The standard InChI is InChI=1S/C13H18F3N3O2/c1-8(2)5-10(20)7-18-12(21)19-9-3-4-11(17-6-9)13(14,15)16/h3-4,6,8,10,20H,5,7H2,1-2H3,(H2,18,19,21). The van der Waals surface area contributed by atoms with Crippen LogP contribution in [0.2, 0.25) is 0 Å². The Kier molecular flexibility index (Phi) is 5.95. The molecule has 0 saturated carbocycles. The number of alkyl halides is 3. The number of halogens is 3. The smallest absolute Gasteiger partial charge is 0.391 e. The van der Waals surface area contributed by atoms with Gasteiger partial charge in [0.05, 0.1) is 18.0 Å². The van der Waals surface area contributed by atoms with Gasteiger partial charge in [0.1, 0.15) is 5.69 Å². The molecule has 1 unspecified atom stereocenters. The maximum Gasteiger partial charge on any atom is 0.433 e. The summed E-state index contributed by atoms with van der Waals surface area (Å²) in [6.07, 6.45) is -3.71. The van der Waals surface area contributed by atoms with Crippen LogP contribution in [0.25, 0.3) is 0 Å². The number of anilines is 1. The van der Waals surface area contributed by atoms with E-state index in [9.17, 15) is 23.1 Å².